The molecule has 1 aromatic heterocycles. The van der Waals surface area contributed by atoms with Gasteiger partial charge in [-0.15, -0.1) is 0 Å². The zero-order valence-electron chi connectivity index (χ0n) is 10.8. The lowest BCUT2D eigenvalue weighted by molar-refractivity contribution is 0.394. The van der Waals surface area contributed by atoms with Crippen molar-refractivity contribution in [1.29, 1.82) is 0 Å². The van der Waals surface area contributed by atoms with Crippen molar-refractivity contribution in [3.05, 3.63) is 23.0 Å². The molecule has 0 spiro atoms. The molecule has 5 nitrogen and oxygen atoms in total. The van der Waals surface area contributed by atoms with Gasteiger partial charge in [0.05, 0.1) is 14.2 Å². The van der Waals surface area contributed by atoms with Gasteiger partial charge in [0.1, 0.15) is 11.5 Å². The third-order valence-corrected chi connectivity index (χ3v) is 3.51. The smallest absolute Gasteiger partial charge is 0.195 e. The minimum atomic E-state index is 0.471. The monoisotopic (exact) mass is 277 g/mol. The number of ether oxygens (including phenoxy) is 2. The zero-order chi connectivity index (χ0) is 13.4. The van der Waals surface area contributed by atoms with E-state index in [9.17, 15) is 0 Å². The Hall–Kier alpha value is -1.82. The van der Waals surface area contributed by atoms with Crippen molar-refractivity contribution in [3.63, 3.8) is 0 Å². The number of benzene rings is 1. The fourth-order valence-corrected chi connectivity index (χ4v) is 2.40. The van der Waals surface area contributed by atoms with Crippen LogP contribution in [0.2, 0.25) is 0 Å². The van der Waals surface area contributed by atoms with Crippen molar-refractivity contribution in [2.45, 2.75) is 18.9 Å². The van der Waals surface area contributed by atoms with Gasteiger partial charge in [-0.05, 0) is 37.2 Å². The Balaban J connectivity index is 2.13. The molecular formula is C13H15N3O2S. The summed E-state index contributed by atoms with van der Waals surface area (Å²) in [6, 6.07) is 6.18. The van der Waals surface area contributed by atoms with E-state index in [0.717, 1.165) is 35.7 Å². The molecule has 1 saturated carbocycles. The highest BCUT2D eigenvalue weighted by molar-refractivity contribution is 7.71. The summed E-state index contributed by atoms with van der Waals surface area (Å²) in [6.45, 7) is 0. The molecule has 100 valence electrons. The van der Waals surface area contributed by atoms with Crippen molar-refractivity contribution in [1.82, 2.24) is 14.8 Å². The van der Waals surface area contributed by atoms with Crippen molar-refractivity contribution in [3.8, 4) is 22.9 Å². The summed E-state index contributed by atoms with van der Waals surface area (Å²) >= 11 is 5.29. The SMILES string of the molecule is COc1cc(OC)cc(-c2n[nH]c(=S)n2C2CC2)c1. The van der Waals surface area contributed by atoms with E-state index >= 15 is 0 Å². The maximum atomic E-state index is 5.29. The Kier molecular flexibility index (Phi) is 3.02. The van der Waals surface area contributed by atoms with Crippen LogP contribution in [0.4, 0.5) is 0 Å². The van der Waals surface area contributed by atoms with Crippen LogP contribution in [-0.2, 0) is 0 Å². The highest BCUT2D eigenvalue weighted by atomic mass is 32.1. The Morgan fingerprint density at radius 2 is 1.84 bits per heavy atom. The van der Waals surface area contributed by atoms with Gasteiger partial charge in [0, 0.05) is 17.7 Å². The lowest BCUT2D eigenvalue weighted by Crippen LogP contribution is -1.98. The third kappa shape index (κ3) is 2.23. The number of aromatic amines is 1. The zero-order valence-corrected chi connectivity index (χ0v) is 11.7. The van der Waals surface area contributed by atoms with E-state index in [1.807, 2.05) is 18.2 Å². The first-order chi connectivity index (χ1) is 9.22. The second-order valence-corrected chi connectivity index (χ2v) is 4.94. The number of H-pyrrole nitrogens is 1. The fraction of sp³-hybridized carbons (Fsp3) is 0.385. The largest absolute Gasteiger partial charge is 0.497 e. The molecule has 1 aliphatic carbocycles. The number of nitrogens with one attached hydrogen (secondary N) is 1. The van der Waals surface area contributed by atoms with Crippen molar-refractivity contribution < 1.29 is 9.47 Å². The summed E-state index contributed by atoms with van der Waals surface area (Å²) in [4.78, 5) is 0. The number of rotatable bonds is 4. The molecule has 0 atom stereocenters. The molecule has 0 bridgehead atoms. The lowest BCUT2D eigenvalue weighted by atomic mass is 10.2. The molecule has 1 N–H and O–H groups in total. The molecule has 19 heavy (non-hydrogen) atoms. The van der Waals surface area contributed by atoms with E-state index in [4.69, 9.17) is 21.7 Å². The number of hydrogen-bond donors (Lipinski definition) is 1. The van der Waals surface area contributed by atoms with Crippen LogP contribution in [0.1, 0.15) is 18.9 Å². The molecule has 0 saturated heterocycles. The first-order valence-corrected chi connectivity index (χ1v) is 6.54. The fourth-order valence-electron chi connectivity index (χ4n) is 2.12. The van der Waals surface area contributed by atoms with Crippen LogP contribution in [-0.4, -0.2) is 29.0 Å². The first kappa shape index (κ1) is 12.2. The molecule has 1 aliphatic rings. The molecule has 0 aliphatic heterocycles. The van der Waals surface area contributed by atoms with Gasteiger partial charge >= 0.3 is 0 Å². The maximum Gasteiger partial charge on any atom is 0.195 e. The van der Waals surface area contributed by atoms with Crippen LogP contribution in [0.25, 0.3) is 11.4 Å². The average molecular weight is 277 g/mol. The quantitative estimate of drug-likeness (QED) is 0.873. The predicted molar refractivity (Wildman–Crippen MR) is 74.2 cm³/mol. The summed E-state index contributed by atoms with van der Waals surface area (Å²) in [7, 11) is 3.27. The normalized spacial score (nSPS) is 14.4. The average Bonchev–Trinajstić information content (AvgIpc) is 3.20. The van der Waals surface area contributed by atoms with Gasteiger partial charge in [0.25, 0.3) is 0 Å². The number of aromatic nitrogens is 3. The van der Waals surface area contributed by atoms with Crippen LogP contribution in [0.5, 0.6) is 11.5 Å². The number of nitrogens with zero attached hydrogens (tertiary/aromatic N) is 2. The summed E-state index contributed by atoms with van der Waals surface area (Å²) in [5, 5.41) is 7.20. The molecule has 1 heterocycles. The summed E-state index contributed by atoms with van der Waals surface area (Å²) in [6.07, 6.45) is 2.31. The Bertz CT molecular complexity index is 636. The molecule has 3 rings (SSSR count). The Labute approximate surface area is 116 Å². The minimum absolute atomic E-state index is 0.471. The highest BCUT2D eigenvalue weighted by Crippen LogP contribution is 2.39. The second kappa shape index (κ2) is 4.70. The van der Waals surface area contributed by atoms with Crippen LogP contribution in [0.15, 0.2) is 18.2 Å². The van der Waals surface area contributed by atoms with Crippen molar-refractivity contribution in [2.75, 3.05) is 14.2 Å². The summed E-state index contributed by atoms with van der Waals surface area (Å²) < 4.78 is 13.3. The van der Waals surface area contributed by atoms with Crippen LogP contribution in [0, 0.1) is 4.77 Å². The topological polar surface area (TPSA) is 52.1 Å². The van der Waals surface area contributed by atoms with Gasteiger partial charge in [0.15, 0.2) is 10.6 Å². The van der Waals surface area contributed by atoms with E-state index < -0.39 is 0 Å². The Morgan fingerprint density at radius 1 is 1.21 bits per heavy atom. The van der Waals surface area contributed by atoms with Crippen LogP contribution < -0.4 is 9.47 Å². The van der Waals surface area contributed by atoms with Crippen LogP contribution >= 0.6 is 12.2 Å². The van der Waals surface area contributed by atoms with Gasteiger partial charge in [-0.2, -0.15) is 5.10 Å². The van der Waals surface area contributed by atoms with Crippen molar-refractivity contribution in [2.24, 2.45) is 0 Å². The molecule has 0 amide bonds. The minimum Gasteiger partial charge on any atom is -0.497 e. The maximum absolute atomic E-state index is 5.29. The molecule has 0 radical (unpaired) electrons. The summed E-state index contributed by atoms with van der Waals surface area (Å²) in [5.41, 5.74) is 0.940. The second-order valence-electron chi connectivity index (χ2n) is 4.55. The van der Waals surface area contributed by atoms with E-state index in [1.54, 1.807) is 14.2 Å². The predicted octanol–water partition coefficient (Wildman–Crippen LogP) is 2.96. The molecule has 1 fully saturated rings. The van der Waals surface area contributed by atoms with E-state index in [-0.39, 0.29) is 0 Å². The van der Waals surface area contributed by atoms with Crippen molar-refractivity contribution >= 4 is 12.2 Å². The van der Waals surface area contributed by atoms with Gasteiger partial charge in [-0.25, -0.2) is 0 Å². The first-order valence-electron chi connectivity index (χ1n) is 6.13. The number of methoxy groups -OCH3 is 2. The van der Waals surface area contributed by atoms with Gasteiger partial charge in [-0.3, -0.25) is 9.67 Å². The summed E-state index contributed by atoms with van der Waals surface area (Å²) in [5.74, 6) is 2.32. The number of hydrogen-bond acceptors (Lipinski definition) is 4. The standard InChI is InChI=1S/C13H15N3O2S/c1-17-10-5-8(6-11(7-10)18-2)12-14-15-13(19)16(12)9-3-4-9/h5-7,9H,3-4H2,1-2H3,(H,15,19). The molecule has 6 heteroatoms. The van der Waals surface area contributed by atoms with E-state index in [0.29, 0.717) is 10.8 Å². The van der Waals surface area contributed by atoms with E-state index in [1.165, 1.54) is 0 Å². The van der Waals surface area contributed by atoms with Gasteiger partial charge in [0.2, 0.25) is 0 Å². The Morgan fingerprint density at radius 3 is 2.37 bits per heavy atom. The molecule has 2 aromatic rings. The molecule has 0 unspecified atom stereocenters. The van der Waals surface area contributed by atoms with E-state index in [2.05, 4.69) is 14.8 Å². The van der Waals surface area contributed by atoms with Gasteiger partial charge < -0.3 is 9.47 Å². The highest BCUT2D eigenvalue weighted by Gasteiger charge is 2.28. The third-order valence-electron chi connectivity index (χ3n) is 3.23. The van der Waals surface area contributed by atoms with Gasteiger partial charge in [-0.1, -0.05) is 0 Å². The lowest BCUT2D eigenvalue weighted by Gasteiger charge is -2.09. The molecular weight excluding hydrogens is 262 g/mol. The molecule has 1 aromatic carbocycles. The van der Waals surface area contributed by atoms with Crippen LogP contribution in [0.3, 0.4) is 0 Å².